The average Bonchev–Trinajstić information content (AvgIpc) is 2.20. The van der Waals surface area contributed by atoms with Gasteiger partial charge in [0.15, 0.2) is 11.6 Å². The van der Waals surface area contributed by atoms with E-state index in [0.717, 1.165) is 13.1 Å². The van der Waals surface area contributed by atoms with E-state index in [1.807, 2.05) is 0 Å². The maximum absolute atomic E-state index is 9.50. The van der Waals surface area contributed by atoms with E-state index < -0.39 is 0 Å². The lowest BCUT2D eigenvalue weighted by Crippen LogP contribution is -2.30. The van der Waals surface area contributed by atoms with Crippen LogP contribution in [0.3, 0.4) is 0 Å². The predicted octanol–water partition coefficient (Wildman–Crippen LogP) is 1.17. The zero-order chi connectivity index (χ0) is 9.10. The first-order valence-electron chi connectivity index (χ1n) is 4.62. The van der Waals surface area contributed by atoms with Gasteiger partial charge in [0, 0.05) is 13.1 Å². The number of rotatable bonds is 1. The van der Waals surface area contributed by atoms with Crippen molar-refractivity contribution in [1.29, 1.82) is 0 Å². The van der Waals surface area contributed by atoms with E-state index >= 15 is 0 Å². The van der Waals surface area contributed by atoms with Gasteiger partial charge in [-0.3, -0.25) is 0 Å². The lowest BCUT2D eigenvalue weighted by Gasteiger charge is -2.27. The Hall–Kier alpha value is -1.32. The number of hydrogen-bond donors (Lipinski definition) is 1. The largest absolute Gasteiger partial charge is 0.503 e. The Morgan fingerprint density at radius 2 is 2.00 bits per heavy atom. The molecule has 0 amide bonds. The molecule has 13 heavy (non-hydrogen) atoms. The van der Waals surface area contributed by atoms with Crippen LogP contribution >= 0.6 is 0 Å². The highest BCUT2D eigenvalue weighted by atomic mass is 16.3. The van der Waals surface area contributed by atoms with Gasteiger partial charge in [0.05, 0.1) is 6.20 Å². The number of anilines is 1. The van der Waals surface area contributed by atoms with Gasteiger partial charge in [-0.05, 0) is 19.3 Å². The first-order valence-corrected chi connectivity index (χ1v) is 4.62. The van der Waals surface area contributed by atoms with E-state index in [-0.39, 0.29) is 5.75 Å². The lowest BCUT2D eigenvalue weighted by molar-refractivity contribution is 0.463. The van der Waals surface area contributed by atoms with Gasteiger partial charge in [-0.1, -0.05) is 0 Å². The van der Waals surface area contributed by atoms with E-state index in [1.165, 1.54) is 31.8 Å². The maximum Gasteiger partial charge on any atom is 0.177 e. The highest BCUT2D eigenvalue weighted by Crippen LogP contribution is 2.25. The number of hydrogen-bond acceptors (Lipinski definition) is 4. The number of aromatic hydroxyl groups is 1. The van der Waals surface area contributed by atoms with Crippen LogP contribution in [0.15, 0.2) is 12.5 Å². The Labute approximate surface area is 77.2 Å². The molecule has 1 aliphatic heterocycles. The van der Waals surface area contributed by atoms with Gasteiger partial charge >= 0.3 is 0 Å². The van der Waals surface area contributed by atoms with E-state index in [9.17, 15) is 5.11 Å². The molecule has 2 heterocycles. The first-order chi connectivity index (χ1) is 6.38. The molecule has 70 valence electrons. The molecule has 1 aromatic heterocycles. The molecule has 0 spiro atoms. The monoisotopic (exact) mass is 179 g/mol. The van der Waals surface area contributed by atoms with Crippen LogP contribution in [0.4, 0.5) is 5.82 Å². The van der Waals surface area contributed by atoms with Crippen LogP contribution in [0.5, 0.6) is 5.75 Å². The van der Waals surface area contributed by atoms with Crippen LogP contribution < -0.4 is 4.90 Å². The third-order valence-electron chi connectivity index (χ3n) is 2.33. The molecule has 0 aromatic carbocycles. The molecule has 0 saturated carbocycles. The van der Waals surface area contributed by atoms with Crippen molar-refractivity contribution < 1.29 is 5.11 Å². The summed E-state index contributed by atoms with van der Waals surface area (Å²) in [7, 11) is 0. The topological polar surface area (TPSA) is 49.3 Å². The quantitative estimate of drug-likeness (QED) is 0.703. The zero-order valence-electron chi connectivity index (χ0n) is 7.48. The van der Waals surface area contributed by atoms with Crippen molar-refractivity contribution in [2.24, 2.45) is 0 Å². The molecule has 0 atom stereocenters. The highest BCUT2D eigenvalue weighted by Gasteiger charge is 2.14. The molecule has 0 unspecified atom stereocenters. The van der Waals surface area contributed by atoms with Gasteiger partial charge in [-0.2, -0.15) is 0 Å². The SMILES string of the molecule is Oc1cncnc1N1CCCCC1. The van der Waals surface area contributed by atoms with E-state index in [1.54, 1.807) is 0 Å². The molecule has 4 heteroatoms. The number of aromatic nitrogens is 2. The van der Waals surface area contributed by atoms with Crippen molar-refractivity contribution in [3.05, 3.63) is 12.5 Å². The molecular formula is C9H13N3O. The first kappa shape index (κ1) is 8.29. The molecule has 1 aliphatic rings. The van der Waals surface area contributed by atoms with Gasteiger partial charge in [0.2, 0.25) is 0 Å². The third kappa shape index (κ3) is 1.71. The van der Waals surface area contributed by atoms with Crippen molar-refractivity contribution in [3.63, 3.8) is 0 Å². The second kappa shape index (κ2) is 3.60. The molecule has 1 fully saturated rings. The van der Waals surface area contributed by atoms with Crippen LogP contribution in [0.25, 0.3) is 0 Å². The van der Waals surface area contributed by atoms with Gasteiger partial charge in [-0.25, -0.2) is 9.97 Å². The minimum atomic E-state index is 0.185. The van der Waals surface area contributed by atoms with Gasteiger partial charge in [0.25, 0.3) is 0 Å². The number of piperidine rings is 1. The Morgan fingerprint density at radius 3 is 2.69 bits per heavy atom. The van der Waals surface area contributed by atoms with Crippen molar-refractivity contribution in [2.75, 3.05) is 18.0 Å². The molecule has 2 rings (SSSR count). The summed E-state index contributed by atoms with van der Waals surface area (Å²) in [5.74, 6) is 0.860. The van der Waals surface area contributed by atoms with Crippen LogP contribution in [-0.4, -0.2) is 28.2 Å². The zero-order valence-corrected chi connectivity index (χ0v) is 7.48. The minimum absolute atomic E-state index is 0.185. The van der Waals surface area contributed by atoms with Gasteiger partial charge in [0.1, 0.15) is 6.33 Å². The summed E-state index contributed by atoms with van der Waals surface area (Å²) < 4.78 is 0. The fourth-order valence-corrected chi connectivity index (χ4v) is 1.67. The summed E-state index contributed by atoms with van der Waals surface area (Å²) in [5.41, 5.74) is 0. The molecule has 0 radical (unpaired) electrons. The standard InChI is InChI=1S/C9H13N3O/c13-8-6-10-7-11-9(8)12-4-2-1-3-5-12/h6-7,13H,1-5H2. The smallest absolute Gasteiger partial charge is 0.177 e. The minimum Gasteiger partial charge on any atom is -0.503 e. The van der Waals surface area contributed by atoms with Gasteiger partial charge in [-0.15, -0.1) is 0 Å². The Balaban J connectivity index is 2.18. The molecule has 1 aromatic rings. The second-order valence-corrected chi connectivity index (χ2v) is 3.28. The van der Waals surface area contributed by atoms with E-state index in [4.69, 9.17) is 0 Å². The third-order valence-corrected chi connectivity index (χ3v) is 2.33. The molecule has 1 saturated heterocycles. The van der Waals surface area contributed by atoms with Gasteiger partial charge < -0.3 is 10.0 Å². The normalized spacial score (nSPS) is 17.4. The van der Waals surface area contributed by atoms with Crippen molar-refractivity contribution >= 4 is 5.82 Å². The predicted molar refractivity (Wildman–Crippen MR) is 49.8 cm³/mol. The summed E-state index contributed by atoms with van der Waals surface area (Å²) in [6.07, 6.45) is 6.57. The van der Waals surface area contributed by atoms with E-state index in [2.05, 4.69) is 14.9 Å². The van der Waals surface area contributed by atoms with Crippen LogP contribution in [0.2, 0.25) is 0 Å². The average molecular weight is 179 g/mol. The molecule has 0 aliphatic carbocycles. The Morgan fingerprint density at radius 1 is 1.23 bits per heavy atom. The summed E-state index contributed by atoms with van der Waals surface area (Å²) in [5, 5.41) is 9.50. The summed E-state index contributed by atoms with van der Waals surface area (Å²) in [6, 6.07) is 0. The number of nitrogens with zero attached hydrogens (tertiary/aromatic N) is 3. The summed E-state index contributed by atoms with van der Waals surface area (Å²) in [4.78, 5) is 9.93. The summed E-state index contributed by atoms with van der Waals surface area (Å²) in [6.45, 7) is 1.98. The Bertz CT molecular complexity index is 284. The molecule has 0 bridgehead atoms. The Kier molecular flexibility index (Phi) is 2.29. The highest BCUT2D eigenvalue weighted by molar-refractivity contribution is 5.49. The van der Waals surface area contributed by atoms with Crippen molar-refractivity contribution in [3.8, 4) is 5.75 Å². The molecule has 4 nitrogen and oxygen atoms in total. The fourth-order valence-electron chi connectivity index (χ4n) is 1.67. The summed E-state index contributed by atoms with van der Waals surface area (Å²) >= 11 is 0. The fraction of sp³-hybridized carbons (Fsp3) is 0.556. The molecular weight excluding hydrogens is 166 g/mol. The van der Waals surface area contributed by atoms with Crippen molar-refractivity contribution in [1.82, 2.24) is 9.97 Å². The molecule has 1 N–H and O–H groups in total. The van der Waals surface area contributed by atoms with Crippen LogP contribution in [0.1, 0.15) is 19.3 Å². The van der Waals surface area contributed by atoms with E-state index in [0.29, 0.717) is 5.82 Å². The maximum atomic E-state index is 9.50. The lowest BCUT2D eigenvalue weighted by atomic mass is 10.1. The van der Waals surface area contributed by atoms with Crippen LogP contribution in [0, 0.1) is 0 Å². The van der Waals surface area contributed by atoms with Crippen LogP contribution in [-0.2, 0) is 0 Å². The second-order valence-electron chi connectivity index (χ2n) is 3.28. The van der Waals surface area contributed by atoms with Crippen molar-refractivity contribution in [2.45, 2.75) is 19.3 Å².